The Kier molecular flexibility index (Phi) is 5.96. The molecule has 0 atom stereocenters. The molecule has 1 heterocycles. The van der Waals surface area contributed by atoms with E-state index in [1.54, 1.807) is 18.3 Å². The van der Waals surface area contributed by atoms with Crippen molar-refractivity contribution in [3.63, 3.8) is 0 Å². The van der Waals surface area contributed by atoms with E-state index in [4.69, 9.17) is 4.74 Å². The monoisotopic (exact) mass is 317 g/mol. The zero-order chi connectivity index (χ0) is 14.5. The summed E-state index contributed by atoms with van der Waals surface area (Å²) in [5.41, 5.74) is 1.64. The van der Waals surface area contributed by atoms with Gasteiger partial charge in [0.25, 0.3) is 0 Å². The Bertz CT molecular complexity index is 609. The molecule has 0 N–H and O–H groups in total. The van der Waals surface area contributed by atoms with Gasteiger partial charge in [-0.05, 0) is 42.5 Å². The van der Waals surface area contributed by atoms with Gasteiger partial charge >= 0.3 is 5.97 Å². The third-order valence-electron chi connectivity index (χ3n) is 4.06. The van der Waals surface area contributed by atoms with Crippen molar-refractivity contribution in [2.24, 2.45) is 0 Å². The Hall–Kier alpha value is -1.87. The number of rotatable bonds is 3. The molecule has 4 heteroatoms. The van der Waals surface area contributed by atoms with E-state index >= 15 is 0 Å². The fourth-order valence-electron chi connectivity index (χ4n) is 2.97. The minimum atomic E-state index is -0.341. The predicted octanol–water partition coefficient (Wildman–Crippen LogP) is 4.77. The van der Waals surface area contributed by atoms with Crippen LogP contribution in [0.1, 0.15) is 53.9 Å². The molecule has 0 spiro atoms. The molecule has 22 heavy (non-hydrogen) atoms. The van der Waals surface area contributed by atoms with Crippen LogP contribution in [0.4, 0.5) is 0 Å². The highest BCUT2D eigenvalue weighted by Crippen LogP contribution is 2.37. The molecule has 0 amide bonds. The summed E-state index contributed by atoms with van der Waals surface area (Å²) in [5.74, 6) is 0.862. The number of benzene rings is 1. The molecule has 1 aliphatic carbocycles. The molecule has 0 aliphatic heterocycles. The Morgan fingerprint density at radius 2 is 1.82 bits per heavy atom. The van der Waals surface area contributed by atoms with Crippen molar-refractivity contribution in [3.05, 3.63) is 59.9 Å². The molecule has 1 aromatic carbocycles. The van der Waals surface area contributed by atoms with Crippen molar-refractivity contribution < 1.29 is 9.53 Å². The number of carbonyl (C=O) groups excluding carboxylic acids is 1. The standard InChI is InChI=1S/C18H19NO2.ClH/c20-18(15-9-6-12-19-13-15)21-17-11-5-4-10-16(17)14-7-2-1-3-8-14;/h4-6,9-14H,1-3,7-8H2;1H. The van der Waals surface area contributed by atoms with Gasteiger partial charge in [0.15, 0.2) is 0 Å². The van der Waals surface area contributed by atoms with E-state index in [0.717, 1.165) is 5.56 Å². The SMILES string of the molecule is Cl.O=C(Oc1ccccc1C1CCCCC1)c1cccnc1. The van der Waals surface area contributed by atoms with Gasteiger partial charge < -0.3 is 4.74 Å². The van der Waals surface area contributed by atoms with Gasteiger partial charge in [0, 0.05) is 12.4 Å². The molecule has 0 saturated heterocycles. The van der Waals surface area contributed by atoms with Crippen LogP contribution in [0.25, 0.3) is 0 Å². The first-order valence-electron chi connectivity index (χ1n) is 7.56. The van der Waals surface area contributed by atoms with Gasteiger partial charge in [-0.3, -0.25) is 4.98 Å². The van der Waals surface area contributed by atoms with Gasteiger partial charge in [-0.15, -0.1) is 12.4 Å². The zero-order valence-electron chi connectivity index (χ0n) is 12.4. The number of hydrogen-bond acceptors (Lipinski definition) is 3. The van der Waals surface area contributed by atoms with Gasteiger partial charge in [-0.2, -0.15) is 0 Å². The van der Waals surface area contributed by atoms with Gasteiger partial charge in [0.05, 0.1) is 5.56 Å². The van der Waals surface area contributed by atoms with Crippen molar-refractivity contribution >= 4 is 18.4 Å². The number of halogens is 1. The van der Waals surface area contributed by atoms with E-state index in [1.165, 1.54) is 38.3 Å². The highest BCUT2D eigenvalue weighted by atomic mass is 35.5. The lowest BCUT2D eigenvalue weighted by Crippen LogP contribution is -2.12. The topological polar surface area (TPSA) is 39.2 Å². The van der Waals surface area contributed by atoms with Crippen LogP contribution in [0.2, 0.25) is 0 Å². The van der Waals surface area contributed by atoms with Crippen LogP contribution >= 0.6 is 12.4 Å². The highest BCUT2D eigenvalue weighted by Gasteiger charge is 2.20. The Morgan fingerprint density at radius 3 is 2.55 bits per heavy atom. The molecule has 2 aromatic rings. The maximum Gasteiger partial charge on any atom is 0.345 e. The third kappa shape index (κ3) is 3.86. The van der Waals surface area contributed by atoms with Crippen LogP contribution in [-0.2, 0) is 0 Å². The second-order valence-electron chi connectivity index (χ2n) is 5.50. The summed E-state index contributed by atoms with van der Waals surface area (Å²) in [7, 11) is 0. The lowest BCUT2D eigenvalue weighted by molar-refractivity contribution is 0.0731. The first kappa shape index (κ1) is 16.5. The number of hydrogen-bond donors (Lipinski definition) is 0. The van der Waals surface area contributed by atoms with Crippen LogP contribution < -0.4 is 4.74 Å². The third-order valence-corrected chi connectivity index (χ3v) is 4.06. The fourth-order valence-corrected chi connectivity index (χ4v) is 2.97. The molecular formula is C18H20ClNO2. The van der Waals surface area contributed by atoms with Crippen LogP contribution in [0, 0.1) is 0 Å². The van der Waals surface area contributed by atoms with Crippen molar-refractivity contribution in [3.8, 4) is 5.75 Å². The second kappa shape index (κ2) is 7.95. The Balaban J connectivity index is 0.00000176. The maximum atomic E-state index is 12.2. The van der Waals surface area contributed by atoms with Gasteiger partial charge in [-0.25, -0.2) is 4.79 Å². The van der Waals surface area contributed by atoms with Crippen molar-refractivity contribution in [1.29, 1.82) is 0 Å². The molecule has 116 valence electrons. The first-order chi connectivity index (χ1) is 10.3. The maximum absolute atomic E-state index is 12.2. The quantitative estimate of drug-likeness (QED) is 0.604. The van der Waals surface area contributed by atoms with Crippen LogP contribution in [-0.4, -0.2) is 11.0 Å². The number of nitrogens with zero attached hydrogens (tertiary/aromatic N) is 1. The molecule has 1 aliphatic rings. The van der Waals surface area contributed by atoms with Gasteiger partial charge in [-0.1, -0.05) is 37.5 Å². The minimum absolute atomic E-state index is 0. The summed E-state index contributed by atoms with van der Waals surface area (Å²) in [6, 6.07) is 11.4. The molecule has 3 rings (SSSR count). The van der Waals surface area contributed by atoms with E-state index in [9.17, 15) is 4.79 Å². The van der Waals surface area contributed by atoms with Gasteiger partial charge in [0.1, 0.15) is 5.75 Å². The molecule has 0 bridgehead atoms. The number of para-hydroxylation sites is 1. The van der Waals surface area contributed by atoms with Gasteiger partial charge in [0.2, 0.25) is 0 Å². The highest BCUT2D eigenvalue weighted by molar-refractivity contribution is 5.90. The lowest BCUT2D eigenvalue weighted by Gasteiger charge is -2.23. The number of pyridine rings is 1. The number of aromatic nitrogens is 1. The Labute approximate surface area is 137 Å². The van der Waals surface area contributed by atoms with E-state index in [1.807, 2.05) is 18.2 Å². The average molecular weight is 318 g/mol. The predicted molar refractivity (Wildman–Crippen MR) is 88.7 cm³/mol. The summed E-state index contributed by atoms with van der Waals surface area (Å²) in [4.78, 5) is 16.1. The number of esters is 1. The molecular weight excluding hydrogens is 298 g/mol. The normalized spacial score (nSPS) is 14.9. The fraction of sp³-hybridized carbons (Fsp3) is 0.333. The Morgan fingerprint density at radius 1 is 1.05 bits per heavy atom. The van der Waals surface area contributed by atoms with Crippen LogP contribution in [0.5, 0.6) is 5.75 Å². The molecule has 1 aromatic heterocycles. The van der Waals surface area contributed by atoms with Crippen molar-refractivity contribution in [1.82, 2.24) is 4.98 Å². The van der Waals surface area contributed by atoms with Crippen LogP contribution in [0.15, 0.2) is 48.8 Å². The molecule has 1 saturated carbocycles. The summed E-state index contributed by atoms with van der Waals surface area (Å²) >= 11 is 0. The largest absolute Gasteiger partial charge is 0.423 e. The smallest absolute Gasteiger partial charge is 0.345 e. The molecule has 0 radical (unpaired) electrons. The summed E-state index contributed by atoms with van der Waals surface area (Å²) in [6.07, 6.45) is 9.38. The van der Waals surface area contributed by atoms with E-state index in [0.29, 0.717) is 17.2 Å². The van der Waals surface area contributed by atoms with Crippen molar-refractivity contribution in [2.45, 2.75) is 38.0 Å². The van der Waals surface area contributed by atoms with E-state index in [-0.39, 0.29) is 18.4 Å². The minimum Gasteiger partial charge on any atom is -0.423 e. The second-order valence-corrected chi connectivity index (χ2v) is 5.50. The van der Waals surface area contributed by atoms with Crippen LogP contribution in [0.3, 0.4) is 0 Å². The first-order valence-corrected chi connectivity index (χ1v) is 7.56. The van der Waals surface area contributed by atoms with E-state index < -0.39 is 0 Å². The molecule has 0 unspecified atom stereocenters. The average Bonchev–Trinajstić information content (AvgIpc) is 2.57. The molecule has 3 nitrogen and oxygen atoms in total. The summed E-state index contributed by atoms with van der Waals surface area (Å²) in [6.45, 7) is 0. The summed E-state index contributed by atoms with van der Waals surface area (Å²) in [5, 5.41) is 0. The summed E-state index contributed by atoms with van der Waals surface area (Å²) < 4.78 is 5.61. The van der Waals surface area contributed by atoms with E-state index in [2.05, 4.69) is 11.1 Å². The lowest BCUT2D eigenvalue weighted by atomic mass is 9.84. The molecule has 1 fully saturated rings. The number of carbonyl (C=O) groups is 1. The zero-order valence-corrected chi connectivity index (χ0v) is 13.2. The van der Waals surface area contributed by atoms with Crippen molar-refractivity contribution in [2.75, 3.05) is 0 Å². The number of ether oxygens (including phenoxy) is 1.